The SMILES string of the molecule is Cc1cccc(C(=O)OCC(=O)NC(C)c2ccccc2)c1O. The van der Waals surface area contributed by atoms with Gasteiger partial charge in [0.15, 0.2) is 6.61 Å². The summed E-state index contributed by atoms with van der Waals surface area (Å²) >= 11 is 0. The van der Waals surface area contributed by atoms with Crippen LogP contribution in [0, 0.1) is 6.92 Å². The number of ether oxygens (including phenoxy) is 1. The fourth-order valence-electron chi connectivity index (χ4n) is 2.14. The summed E-state index contributed by atoms with van der Waals surface area (Å²) in [6, 6.07) is 14.1. The van der Waals surface area contributed by atoms with Crippen molar-refractivity contribution in [1.82, 2.24) is 5.32 Å². The van der Waals surface area contributed by atoms with Gasteiger partial charge in [0, 0.05) is 0 Å². The predicted molar refractivity (Wildman–Crippen MR) is 86.1 cm³/mol. The number of aromatic hydroxyl groups is 1. The highest BCUT2D eigenvalue weighted by Gasteiger charge is 2.16. The number of hydrogen-bond acceptors (Lipinski definition) is 4. The average Bonchev–Trinajstić information content (AvgIpc) is 2.56. The number of carbonyl (C=O) groups excluding carboxylic acids is 2. The Morgan fingerprint density at radius 3 is 2.52 bits per heavy atom. The van der Waals surface area contributed by atoms with E-state index in [1.807, 2.05) is 37.3 Å². The minimum Gasteiger partial charge on any atom is -0.507 e. The summed E-state index contributed by atoms with van der Waals surface area (Å²) in [5.41, 5.74) is 1.58. The molecule has 1 amide bonds. The topological polar surface area (TPSA) is 75.6 Å². The number of nitrogens with one attached hydrogen (secondary N) is 1. The zero-order valence-electron chi connectivity index (χ0n) is 13.1. The second kappa shape index (κ2) is 7.45. The number of phenols is 1. The Kier molecular flexibility index (Phi) is 5.36. The van der Waals surface area contributed by atoms with Gasteiger partial charge >= 0.3 is 5.97 Å². The molecular weight excluding hydrogens is 294 g/mol. The molecule has 0 saturated carbocycles. The van der Waals surface area contributed by atoms with Crippen LogP contribution in [0.1, 0.15) is 34.5 Å². The van der Waals surface area contributed by atoms with E-state index in [1.165, 1.54) is 6.07 Å². The number of para-hydroxylation sites is 1. The number of benzene rings is 2. The quantitative estimate of drug-likeness (QED) is 0.832. The molecule has 0 aliphatic heterocycles. The van der Waals surface area contributed by atoms with Crippen LogP contribution >= 0.6 is 0 Å². The molecule has 2 rings (SSSR count). The third-order valence-electron chi connectivity index (χ3n) is 3.47. The molecule has 1 unspecified atom stereocenters. The van der Waals surface area contributed by atoms with Crippen molar-refractivity contribution < 1.29 is 19.4 Å². The summed E-state index contributed by atoms with van der Waals surface area (Å²) in [6.45, 7) is 3.13. The third-order valence-corrected chi connectivity index (χ3v) is 3.47. The van der Waals surface area contributed by atoms with Gasteiger partial charge < -0.3 is 15.2 Å². The number of esters is 1. The lowest BCUT2D eigenvalue weighted by Gasteiger charge is -2.14. The lowest BCUT2D eigenvalue weighted by atomic mass is 10.1. The molecule has 1 atom stereocenters. The summed E-state index contributed by atoms with van der Waals surface area (Å²) in [5.74, 6) is -1.26. The molecule has 0 fully saturated rings. The number of phenolic OH excluding ortho intramolecular Hbond substituents is 1. The summed E-state index contributed by atoms with van der Waals surface area (Å²) in [7, 11) is 0. The van der Waals surface area contributed by atoms with Crippen LogP contribution in [0.4, 0.5) is 0 Å². The molecule has 23 heavy (non-hydrogen) atoms. The van der Waals surface area contributed by atoms with Crippen molar-refractivity contribution in [3.63, 3.8) is 0 Å². The molecule has 0 bridgehead atoms. The van der Waals surface area contributed by atoms with E-state index in [9.17, 15) is 14.7 Å². The van der Waals surface area contributed by atoms with Crippen LogP contribution in [0.3, 0.4) is 0 Å². The molecule has 0 aliphatic carbocycles. The minimum absolute atomic E-state index is 0.0499. The first-order valence-corrected chi connectivity index (χ1v) is 7.29. The van der Waals surface area contributed by atoms with Gasteiger partial charge in [0.1, 0.15) is 11.3 Å². The smallest absolute Gasteiger partial charge is 0.342 e. The van der Waals surface area contributed by atoms with Crippen LogP contribution in [0.5, 0.6) is 5.75 Å². The molecule has 2 N–H and O–H groups in total. The molecule has 0 spiro atoms. The van der Waals surface area contributed by atoms with Gasteiger partial charge in [0.2, 0.25) is 0 Å². The fourth-order valence-corrected chi connectivity index (χ4v) is 2.14. The second-order valence-corrected chi connectivity index (χ2v) is 5.25. The van der Waals surface area contributed by atoms with Gasteiger partial charge in [-0.15, -0.1) is 0 Å². The molecule has 2 aromatic carbocycles. The highest BCUT2D eigenvalue weighted by molar-refractivity contribution is 5.94. The van der Waals surface area contributed by atoms with Crippen molar-refractivity contribution in [1.29, 1.82) is 0 Å². The zero-order chi connectivity index (χ0) is 16.8. The molecule has 5 heteroatoms. The Hall–Kier alpha value is -2.82. The first-order chi connectivity index (χ1) is 11.0. The van der Waals surface area contributed by atoms with Crippen molar-refractivity contribution in [3.05, 3.63) is 65.2 Å². The van der Waals surface area contributed by atoms with Crippen molar-refractivity contribution in [2.24, 2.45) is 0 Å². The Labute approximate surface area is 134 Å². The largest absolute Gasteiger partial charge is 0.507 e. The van der Waals surface area contributed by atoms with E-state index < -0.39 is 18.5 Å². The van der Waals surface area contributed by atoms with E-state index in [4.69, 9.17) is 4.74 Å². The third kappa shape index (κ3) is 4.32. The highest BCUT2D eigenvalue weighted by atomic mass is 16.5. The van der Waals surface area contributed by atoms with Crippen LogP contribution in [-0.2, 0) is 9.53 Å². The lowest BCUT2D eigenvalue weighted by Crippen LogP contribution is -2.31. The lowest BCUT2D eigenvalue weighted by molar-refractivity contribution is -0.124. The number of rotatable bonds is 5. The summed E-state index contributed by atoms with van der Waals surface area (Å²) in [5, 5.41) is 12.6. The summed E-state index contributed by atoms with van der Waals surface area (Å²) in [6.07, 6.45) is 0. The van der Waals surface area contributed by atoms with Crippen molar-refractivity contribution in [2.45, 2.75) is 19.9 Å². The van der Waals surface area contributed by atoms with Gasteiger partial charge in [-0.1, -0.05) is 42.5 Å². The molecular formula is C18H19NO4. The van der Waals surface area contributed by atoms with Gasteiger partial charge in [0.05, 0.1) is 6.04 Å². The van der Waals surface area contributed by atoms with Gasteiger partial charge in [0.25, 0.3) is 5.91 Å². The molecule has 0 heterocycles. The first-order valence-electron chi connectivity index (χ1n) is 7.29. The molecule has 0 saturated heterocycles. The van der Waals surface area contributed by atoms with E-state index in [0.29, 0.717) is 5.56 Å². The van der Waals surface area contributed by atoms with E-state index >= 15 is 0 Å². The van der Waals surface area contributed by atoms with Gasteiger partial charge in [-0.25, -0.2) is 4.79 Å². The van der Waals surface area contributed by atoms with E-state index in [2.05, 4.69) is 5.32 Å². The van der Waals surface area contributed by atoms with Crippen molar-refractivity contribution in [3.8, 4) is 5.75 Å². The maximum atomic E-state index is 11.9. The van der Waals surface area contributed by atoms with Crippen LogP contribution in [0.2, 0.25) is 0 Å². The summed E-state index contributed by atoms with van der Waals surface area (Å²) in [4.78, 5) is 23.8. The fraction of sp³-hybridized carbons (Fsp3) is 0.222. The monoisotopic (exact) mass is 313 g/mol. The van der Waals surface area contributed by atoms with Gasteiger partial charge in [-0.2, -0.15) is 0 Å². The zero-order valence-corrected chi connectivity index (χ0v) is 13.1. The standard InChI is InChI=1S/C18H19NO4/c1-12-7-6-10-15(17(12)21)18(22)23-11-16(20)19-13(2)14-8-4-3-5-9-14/h3-10,13,21H,11H2,1-2H3,(H,19,20). The average molecular weight is 313 g/mol. The predicted octanol–water partition coefficient (Wildman–Crippen LogP) is 2.73. The van der Waals surface area contributed by atoms with Crippen LogP contribution in [0.25, 0.3) is 0 Å². The Morgan fingerprint density at radius 2 is 1.83 bits per heavy atom. The normalized spacial score (nSPS) is 11.6. The molecule has 0 radical (unpaired) electrons. The molecule has 5 nitrogen and oxygen atoms in total. The maximum absolute atomic E-state index is 11.9. The van der Waals surface area contributed by atoms with Gasteiger partial charge in [-0.05, 0) is 31.0 Å². The maximum Gasteiger partial charge on any atom is 0.342 e. The highest BCUT2D eigenvalue weighted by Crippen LogP contribution is 2.22. The first kappa shape index (κ1) is 16.5. The number of carbonyl (C=O) groups is 2. The van der Waals surface area contributed by atoms with E-state index in [1.54, 1.807) is 19.1 Å². The molecule has 0 aromatic heterocycles. The van der Waals surface area contributed by atoms with Crippen molar-refractivity contribution in [2.75, 3.05) is 6.61 Å². The summed E-state index contributed by atoms with van der Waals surface area (Å²) < 4.78 is 4.95. The van der Waals surface area contributed by atoms with Crippen LogP contribution in [0.15, 0.2) is 48.5 Å². The second-order valence-electron chi connectivity index (χ2n) is 5.25. The number of aryl methyl sites for hydroxylation is 1. The number of amides is 1. The molecule has 120 valence electrons. The Morgan fingerprint density at radius 1 is 1.13 bits per heavy atom. The van der Waals surface area contributed by atoms with Crippen molar-refractivity contribution >= 4 is 11.9 Å². The Bertz CT molecular complexity index is 697. The van der Waals surface area contributed by atoms with Crippen LogP contribution < -0.4 is 5.32 Å². The number of hydrogen-bond donors (Lipinski definition) is 2. The Balaban J connectivity index is 1.89. The van der Waals surface area contributed by atoms with E-state index in [0.717, 1.165) is 5.56 Å². The van der Waals surface area contributed by atoms with Crippen LogP contribution in [-0.4, -0.2) is 23.6 Å². The molecule has 0 aliphatic rings. The minimum atomic E-state index is -0.728. The van der Waals surface area contributed by atoms with E-state index in [-0.39, 0.29) is 17.4 Å². The van der Waals surface area contributed by atoms with Gasteiger partial charge in [-0.3, -0.25) is 4.79 Å². The molecule has 2 aromatic rings.